The fraction of sp³-hybridized carbons (Fsp3) is 0.700. The van der Waals surface area contributed by atoms with Gasteiger partial charge in [0, 0.05) is 0 Å². The summed E-state index contributed by atoms with van der Waals surface area (Å²) >= 11 is 0. The Morgan fingerprint density at radius 1 is 1.47 bits per heavy atom. The number of amides is 1. The highest BCUT2D eigenvalue weighted by Crippen LogP contribution is 2.07. The lowest BCUT2D eigenvalue weighted by Crippen LogP contribution is -2.44. The number of aliphatic carboxylic acids is 1. The van der Waals surface area contributed by atoms with Gasteiger partial charge in [0.25, 0.3) is 0 Å². The number of rotatable bonds is 5. The molecular formula is C10H17N2O5-. The summed E-state index contributed by atoms with van der Waals surface area (Å²) in [4.78, 5) is 22.1. The minimum atomic E-state index is -1.27. The summed E-state index contributed by atoms with van der Waals surface area (Å²) in [5.41, 5.74) is -0.724. The molecule has 0 spiro atoms. The zero-order chi connectivity index (χ0) is 13.6. The quantitative estimate of drug-likeness (QED) is 0.467. The first kappa shape index (κ1) is 15.2. The molecule has 98 valence electrons. The van der Waals surface area contributed by atoms with Crippen molar-refractivity contribution < 1.29 is 24.5 Å². The molecule has 0 heterocycles. The molecule has 1 amide bonds. The molecule has 0 aliphatic carbocycles. The number of carboxylic acids is 1. The molecule has 17 heavy (non-hydrogen) atoms. The molecule has 0 aromatic heterocycles. The molecule has 0 rings (SSSR count). The Bertz CT molecular complexity index is 308. The molecule has 3 N–H and O–H groups in total. The molecule has 0 aliphatic heterocycles. The molecule has 0 aromatic rings. The van der Waals surface area contributed by atoms with E-state index in [4.69, 9.17) is 15.3 Å². The average Bonchev–Trinajstić information content (AvgIpc) is 2.08. The maximum atomic E-state index is 11.3. The predicted octanol–water partition coefficient (Wildman–Crippen LogP) is 0.0821. The summed E-state index contributed by atoms with van der Waals surface area (Å²) in [6.07, 6.45) is -1.22. The number of carbonyl (C=O) groups is 2. The first-order valence-electron chi connectivity index (χ1n) is 5.08. The van der Waals surface area contributed by atoms with Crippen LogP contribution in [0.5, 0.6) is 0 Å². The summed E-state index contributed by atoms with van der Waals surface area (Å²) in [6, 6.07) is -1.22. The Labute approximate surface area is 99.3 Å². The van der Waals surface area contributed by atoms with Crippen LogP contribution in [0.25, 0.3) is 0 Å². The Hall–Kier alpha value is -1.79. The Kier molecular flexibility index (Phi) is 5.43. The van der Waals surface area contributed by atoms with Crippen LogP contribution in [0.3, 0.4) is 0 Å². The van der Waals surface area contributed by atoms with Gasteiger partial charge in [-0.2, -0.15) is 0 Å². The second-order valence-electron chi connectivity index (χ2n) is 4.50. The standard InChI is InChI=1S/C10H18N2O5/c1-10(2,3)17-9(16)12-6(8(14)15)4-5-7(11)13/h6H,4-5H2,1-3H3,(H2,11,13)(H,12,16)(H,14,15)/p-1/t6-/m1/s1. The Morgan fingerprint density at radius 3 is 2.35 bits per heavy atom. The zero-order valence-electron chi connectivity index (χ0n) is 10.1. The number of carboxylic acid groups (broad SMARTS) is 1. The van der Waals surface area contributed by atoms with Crippen molar-refractivity contribution in [1.82, 2.24) is 5.32 Å². The summed E-state index contributed by atoms with van der Waals surface area (Å²) in [5.74, 6) is -2.14. The van der Waals surface area contributed by atoms with Gasteiger partial charge in [-0.1, -0.05) is 0 Å². The third-order valence-electron chi connectivity index (χ3n) is 1.65. The van der Waals surface area contributed by atoms with Gasteiger partial charge in [0.15, 0.2) is 0 Å². The molecule has 0 fully saturated rings. The zero-order valence-corrected chi connectivity index (χ0v) is 10.1. The Morgan fingerprint density at radius 2 is 2.00 bits per heavy atom. The van der Waals surface area contributed by atoms with Crippen LogP contribution in [-0.4, -0.2) is 34.7 Å². The summed E-state index contributed by atoms with van der Waals surface area (Å²) in [7, 11) is 0. The third kappa shape index (κ3) is 8.06. The highest BCUT2D eigenvalue weighted by Gasteiger charge is 2.23. The lowest BCUT2D eigenvalue weighted by atomic mass is 10.1. The van der Waals surface area contributed by atoms with Gasteiger partial charge in [-0.25, -0.2) is 9.59 Å². The van der Waals surface area contributed by atoms with Crippen molar-refractivity contribution in [1.29, 1.82) is 5.41 Å². The van der Waals surface area contributed by atoms with Crippen molar-refractivity contribution >= 4 is 18.0 Å². The van der Waals surface area contributed by atoms with Gasteiger partial charge >= 0.3 is 12.1 Å². The van der Waals surface area contributed by atoms with Crippen molar-refractivity contribution in [2.75, 3.05) is 0 Å². The molecule has 0 bridgehead atoms. The maximum absolute atomic E-state index is 11.3. The molecule has 0 unspecified atom stereocenters. The molecule has 0 saturated carbocycles. The molecule has 7 heteroatoms. The summed E-state index contributed by atoms with van der Waals surface area (Å²) in [6.45, 7) is 4.95. The molecule has 7 nitrogen and oxygen atoms in total. The summed E-state index contributed by atoms with van der Waals surface area (Å²) in [5, 5.41) is 28.0. The van der Waals surface area contributed by atoms with E-state index in [9.17, 15) is 14.7 Å². The number of hydrogen-bond donors (Lipinski definition) is 3. The van der Waals surface area contributed by atoms with Crippen molar-refractivity contribution in [3.63, 3.8) is 0 Å². The van der Waals surface area contributed by atoms with E-state index in [1.54, 1.807) is 20.8 Å². The van der Waals surface area contributed by atoms with Gasteiger partial charge in [-0.15, -0.1) is 0 Å². The van der Waals surface area contributed by atoms with E-state index in [1.165, 1.54) is 0 Å². The van der Waals surface area contributed by atoms with Crippen molar-refractivity contribution in [2.24, 2.45) is 0 Å². The van der Waals surface area contributed by atoms with Gasteiger partial charge < -0.3 is 25.7 Å². The van der Waals surface area contributed by atoms with E-state index >= 15 is 0 Å². The van der Waals surface area contributed by atoms with Crippen LogP contribution < -0.4 is 10.4 Å². The van der Waals surface area contributed by atoms with E-state index in [0.717, 1.165) is 0 Å². The molecular weight excluding hydrogens is 228 g/mol. The normalized spacial score (nSPS) is 12.6. The van der Waals surface area contributed by atoms with Crippen LogP contribution in [0.4, 0.5) is 4.79 Å². The van der Waals surface area contributed by atoms with Gasteiger partial charge in [-0.3, -0.25) is 0 Å². The molecule has 0 aromatic carbocycles. The highest BCUT2D eigenvalue weighted by molar-refractivity contribution is 5.80. The lowest BCUT2D eigenvalue weighted by Gasteiger charge is -2.22. The monoisotopic (exact) mass is 245 g/mol. The van der Waals surface area contributed by atoms with E-state index in [-0.39, 0.29) is 12.8 Å². The first-order valence-corrected chi connectivity index (χ1v) is 5.08. The van der Waals surface area contributed by atoms with Gasteiger partial charge in [0.2, 0.25) is 0 Å². The number of hydrogen-bond acceptors (Lipinski definition) is 5. The molecule has 0 aliphatic rings. The second-order valence-corrected chi connectivity index (χ2v) is 4.50. The minimum Gasteiger partial charge on any atom is -0.862 e. The van der Waals surface area contributed by atoms with Gasteiger partial charge in [0.05, 0.1) is 0 Å². The van der Waals surface area contributed by atoms with Gasteiger partial charge in [0.1, 0.15) is 11.6 Å². The molecule has 0 saturated heterocycles. The van der Waals surface area contributed by atoms with Crippen molar-refractivity contribution in [3.8, 4) is 0 Å². The van der Waals surface area contributed by atoms with E-state index < -0.39 is 29.6 Å². The number of carbonyl (C=O) groups excluding carboxylic acids is 1. The van der Waals surface area contributed by atoms with Crippen LogP contribution >= 0.6 is 0 Å². The maximum Gasteiger partial charge on any atom is 0.408 e. The van der Waals surface area contributed by atoms with Crippen LogP contribution in [0, 0.1) is 5.41 Å². The number of nitrogens with one attached hydrogen (secondary N) is 2. The van der Waals surface area contributed by atoms with Gasteiger partial charge in [-0.05, 0) is 39.5 Å². The second kappa shape index (κ2) is 6.07. The smallest absolute Gasteiger partial charge is 0.408 e. The Balaban J connectivity index is 4.30. The fourth-order valence-electron chi connectivity index (χ4n) is 0.983. The van der Waals surface area contributed by atoms with Crippen LogP contribution in [-0.2, 0) is 9.53 Å². The van der Waals surface area contributed by atoms with E-state index in [0.29, 0.717) is 0 Å². The fourth-order valence-corrected chi connectivity index (χ4v) is 0.983. The third-order valence-corrected chi connectivity index (χ3v) is 1.65. The van der Waals surface area contributed by atoms with Crippen LogP contribution in [0.1, 0.15) is 33.6 Å². The van der Waals surface area contributed by atoms with Crippen LogP contribution in [0.15, 0.2) is 0 Å². The first-order chi connectivity index (χ1) is 7.61. The average molecular weight is 245 g/mol. The van der Waals surface area contributed by atoms with Crippen molar-refractivity contribution in [3.05, 3.63) is 0 Å². The lowest BCUT2D eigenvalue weighted by molar-refractivity contribution is -0.220. The van der Waals surface area contributed by atoms with Crippen molar-refractivity contribution in [2.45, 2.75) is 45.3 Å². The largest absolute Gasteiger partial charge is 0.862 e. The molecule has 0 radical (unpaired) electrons. The topological polar surface area (TPSA) is 123 Å². The number of alkyl carbamates (subject to hydrolysis) is 1. The van der Waals surface area contributed by atoms with Crippen LogP contribution in [0.2, 0.25) is 0 Å². The molecule has 1 atom stereocenters. The predicted molar refractivity (Wildman–Crippen MR) is 57.8 cm³/mol. The highest BCUT2D eigenvalue weighted by atomic mass is 16.6. The summed E-state index contributed by atoms with van der Waals surface area (Å²) < 4.78 is 4.88. The van der Waals surface area contributed by atoms with E-state index in [1.807, 2.05) is 0 Å². The number of ether oxygens (including phenoxy) is 1. The SMILES string of the molecule is CC(C)(C)OC(=O)N[C@H](CCC(=N)[O-])C(=O)O. The minimum absolute atomic E-state index is 0.128. The van der Waals surface area contributed by atoms with E-state index in [2.05, 4.69) is 5.32 Å².